The third kappa shape index (κ3) is 2.44. The summed E-state index contributed by atoms with van der Waals surface area (Å²) in [4.78, 5) is 0. The van der Waals surface area contributed by atoms with Crippen molar-refractivity contribution in [2.75, 3.05) is 6.61 Å². The molecule has 0 fully saturated rings. The van der Waals surface area contributed by atoms with Crippen LogP contribution < -0.4 is 16.0 Å². The minimum Gasteiger partial charge on any atom is -0.493 e. The van der Waals surface area contributed by atoms with E-state index in [0.29, 0.717) is 5.92 Å². The van der Waals surface area contributed by atoms with Gasteiger partial charge in [0, 0.05) is 0 Å². The van der Waals surface area contributed by atoms with Crippen molar-refractivity contribution in [3.8, 4) is 5.75 Å². The summed E-state index contributed by atoms with van der Waals surface area (Å²) in [6.45, 7) is 2.80. The Morgan fingerprint density at radius 2 is 2.20 bits per heavy atom. The molecule has 1 aliphatic heterocycles. The van der Waals surface area contributed by atoms with E-state index in [1.54, 1.807) is 6.26 Å². The lowest BCUT2D eigenvalue weighted by Gasteiger charge is -2.28. The molecule has 0 spiro atoms. The summed E-state index contributed by atoms with van der Waals surface area (Å²) < 4.78 is 11.3. The van der Waals surface area contributed by atoms with Crippen LogP contribution in [0, 0.1) is 6.92 Å². The molecular formula is C16H20N2O2. The number of benzene rings is 1. The molecule has 1 aromatic heterocycles. The number of nitrogens with one attached hydrogen (secondary N) is 1. The Morgan fingerprint density at radius 3 is 2.95 bits per heavy atom. The van der Waals surface area contributed by atoms with Crippen LogP contribution in [0.15, 0.2) is 41.0 Å². The Labute approximate surface area is 118 Å². The molecule has 3 N–H and O–H groups in total. The minimum atomic E-state index is 0.0288. The monoisotopic (exact) mass is 272 g/mol. The molecule has 106 valence electrons. The highest BCUT2D eigenvalue weighted by Gasteiger charge is 2.26. The van der Waals surface area contributed by atoms with Gasteiger partial charge in [0.15, 0.2) is 0 Å². The van der Waals surface area contributed by atoms with Gasteiger partial charge in [-0.2, -0.15) is 0 Å². The van der Waals surface area contributed by atoms with Gasteiger partial charge in [-0.25, -0.2) is 5.43 Å². The molecule has 4 nitrogen and oxygen atoms in total. The second-order valence-corrected chi connectivity index (χ2v) is 5.29. The highest BCUT2D eigenvalue weighted by Crippen LogP contribution is 2.39. The number of rotatable bonds is 4. The van der Waals surface area contributed by atoms with E-state index in [9.17, 15) is 0 Å². The van der Waals surface area contributed by atoms with E-state index in [1.165, 1.54) is 5.56 Å². The highest BCUT2D eigenvalue weighted by atomic mass is 16.5. The first-order valence-corrected chi connectivity index (χ1v) is 7.01. The molecule has 0 aliphatic carbocycles. The Morgan fingerprint density at radius 1 is 1.35 bits per heavy atom. The van der Waals surface area contributed by atoms with Crippen LogP contribution in [0.3, 0.4) is 0 Å². The van der Waals surface area contributed by atoms with E-state index in [2.05, 4.69) is 17.6 Å². The van der Waals surface area contributed by atoms with E-state index >= 15 is 0 Å². The number of aryl methyl sites for hydroxylation is 1. The van der Waals surface area contributed by atoms with Crippen LogP contribution in [-0.4, -0.2) is 6.61 Å². The molecule has 0 radical (unpaired) electrons. The molecule has 0 bridgehead atoms. The second-order valence-electron chi connectivity index (χ2n) is 5.29. The molecule has 0 saturated carbocycles. The van der Waals surface area contributed by atoms with Gasteiger partial charge in [-0.1, -0.05) is 18.2 Å². The number of para-hydroxylation sites is 1. The maximum Gasteiger partial charge on any atom is 0.124 e. The molecule has 2 unspecified atom stereocenters. The van der Waals surface area contributed by atoms with Crippen LogP contribution in [0.1, 0.15) is 41.7 Å². The summed E-state index contributed by atoms with van der Waals surface area (Å²) in [5.74, 6) is 8.09. The average molecular weight is 272 g/mol. The first-order chi connectivity index (χ1) is 9.79. The van der Waals surface area contributed by atoms with Crippen molar-refractivity contribution >= 4 is 0 Å². The lowest BCUT2D eigenvalue weighted by molar-refractivity contribution is 0.250. The number of hydrogen-bond donors (Lipinski definition) is 2. The van der Waals surface area contributed by atoms with Crippen molar-refractivity contribution in [1.29, 1.82) is 0 Å². The topological polar surface area (TPSA) is 60.4 Å². The van der Waals surface area contributed by atoms with Crippen molar-refractivity contribution in [1.82, 2.24) is 5.43 Å². The molecule has 3 rings (SSSR count). The predicted molar refractivity (Wildman–Crippen MR) is 77.4 cm³/mol. The lowest BCUT2D eigenvalue weighted by atomic mass is 9.86. The fourth-order valence-electron chi connectivity index (χ4n) is 2.94. The predicted octanol–water partition coefficient (Wildman–Crippen LogP) is 3.05. The SMILES string of the molecule is Cc1ccoc1C(CC1CCOc2ccccc21)NN. The largest absolute Gasteiger partial charge is 0.493 e. The van der Waals surface area contributed by atoms with Gasteiger partial charge >= 0.3 is 0 Å². The normalized spacial score (nSPS) is 19.2. The van der Waals surface area contributed by atoms with E-state index in [4.69, 9.17) is 15.0 Å². The maximum absolute atomic E-state index is 5.73. The molecule has 20 heavy (non-hydrogen) atoms. The fraction of sp³-hybridized carbons (Fsp3) is 0.375. The van der Waals surface area contributed by atoms with Crippen molar-refractivity contribution in [2.24, 2.45) is 5.84 Å². The van der Waals surface area contributed by atoms with Crippen molar-refractivity contribution in [3.05, 3.63) is 53.5 Å². The fourth-order valence-corrected chi connectivity index (χ4v) is 2.94. The van der Waals surface area contributed by atoms with Gasteiger partial charge in [0.05, 0.1) is 18.9 Å². The summed E-state index contributed by atoms with van der Waals surface area (Å²) in [6.07, 6.45) is 3.63. The van der Waals surface area contributed by atoms with Gasteiger partial charge in [0.2, 0.25) is 0 Å². The molecule has 2 atom stereocenters. The van der Waals surface area contributed by atoms with Gasteiger partial charge in [-0.15, -0.1) is 0 Å². The summed E-state index contributed by atoms with van der Waals surface area (Å²) >= 11 is 0. The Kier molecular flexibility index (Phi) is 3.76. The maximum atomic E-state index is 5.73. The van der Waals surface area contributed by atoms with E-state index in [-0.39, 0.29) is 6.04 Å². The highest BCUT2D eigenvalue weighted by molar-refractivity contribution is 5.38. The van der Waals surface area contributed by atoms with E-state index < -0.39 is 0 Å². The standard InChI is InChI=1S/C16H20N2O2/c1-11-6-8-20-16(11)14(18-17)10-12-7-9-19-15-5-3-2-4-13(12)15/h2-6,8,12,14,18H,7,9-10,17H2,1H3. The molecule has 2 aromatic rings. The van der Waals surface area contributed by atoms with Crippen LogP contribution >= 0.6 is 0 Å². The lowest BCUT2D eigenvalue weighted by Crippen LogP contribution is -2.30. The number of hydrazine groups is 1. The molecule has 1 aliphatic rings. The van der Waals surface area contributed by atoms with Crippen LogP contribution in [0.4, 0.5) is 0 Å². The van der Waals surface area contributed by atoms with E-state index in [1.807, 2.05) is 25.1 Å². The zero-order valence-corrected chi connectivity index (χ0v) is 11.6. The zero-order valence-electron chi connectivity index (χ0n) is 11.6. The van der Waals surface area contributed by atoms with E-state index in [0.717, 1.165) is 36.5 Å². The molecule has 0 amide bonds. The molecule has 2 heterocycles. The first-order valence-electron chi connectivity index (χ1n) is 7.01. The molecule has 4 heteroatoms. The minimum absolute atomic E-state index is 0.0288. The average Bonchev–Trinajstić information content (AvgIpc) is 2.91. The smallest absolute Gasteiger partial charge is 0.124 e. The third-order valence-corrected chi connectivity index (χ3v) is 4.02. The number of nitrogens with two attached hydrogens (primary N) is 1. The Bertz CT molecular complexity index is 579. The summed E-state index contributed by atoms with van der Waals surface area (Å²) in [7, 11) is 0. The number of fused-ring (bicyclic) bond motifs is 1. The van der Waals surface area contributed by atoms with Crippen molar-refractivity contribution in [2.45, 2.75) is 31.7 Å². The quantitative estimate of drug-likeness (QED) is 0.663. The molecular weight excluding hydrogens is 252 g/mol. The Balaban J connectivity index is 1.82. The number of ether oxygens (including phenoxy) is 1. The summed E-state index contributed by atoms with van der Waals surface area (Å²) in [6, 6.07) is 10.2. The van der Waals surface area contributed by atoms with Crippen molar-refractivity contribution < 1.29 is 9.15 Å². The van der Waals surface area contributed by atoms with Crippen LogP contribution in [-0.2, 0) is 0 Å². The second kappa shape index (κ2) is 5.69. The number of hydrogen-bond acceptors (Lipinski definition) is 4. The van der Waals surface area contributed by atoms with Crippen molar-refractivity contribution in [3.63, 3.8) is 0 Å². The summed E-state index contributed by atoms with van der Waals surface area (Å²) in [5.41, 5.74) is 5.29. The van der Waals surface area contributed by atoms with Gasteiger partial charge in [0.1, 0.15) is 11.5 Å². The van der Waals surface area contributed by atoms with Crippen LogP contribution in [0.25, 0.3) is 0 Å². The van der Waals surface area contributed by atoms with Gasteiger partial charge in [-0.05, 0) is 48.9 Å². The van der Waals surface area contributed by atoms with Crippen LogP contribution in [0.5, 0.6) is 5.75 Å². The van der Waals surface area contributed by atoms with Gasteiger partial charge < -0.3 is 9.15 Å². The van der Waals surface area contributed by atoms with Gasteiger partial charge in [-0.3, -0.25) is 5.84 Å². The molecule has 0 saturated heterocycles. The summed E-state index contributed by atoms with van der Waals surface area (Å²) in [5, 5.41) is 0. The van der Waals surface area contributed by atoms with Crippen LogP contribution in [0.2, 0.25) is 0 Å². The number of furan rings is 1. The zero-order chi connectivity index (χ0) is 13.9. The van der Waals surface area contributed by atoms with Gasteiger partial charge in [0.25, 0.3) is 0 Å². The molecule has 1 aromatic carbocycles. The first kappa shape index (κ1) is 13.2. The Hall–Kier alpha value is -1.78. The third-order valence-electron chi connectivity index (χ3n) is 4.02.